The minimum Gasteiger partial charge on any atom is -0.298 e. The Morgan fingerprint density at radius 2 is 1.73 bits per heavy atom. The van der Waals surface area contributed by atoms with Crippen LogP contribution in [-0.4, -0.2) is 12.5 Å². The minimum absolute atomic E-state index is 0.125. The van der Waals surface area contributed by atoms with Crippen molar-refractivity contribution in [2.45, 2.75) is 20.0 Å². The molecule has 5 heteroatoms. The van der Waals surface area contributed by atoms with Gasteiger partial charge in [0.2, 0.25) is 0 Å². The summed E-state index contributed by atoms with van der Waals surface area (Å²) in [4.78, 5) is 10.1. The lowest BCUT2D eigenvalue weighted by atomic mass is 10.1. The maximum Gasteiger partial charge on any atom is 0.386 e. The molecule has 0 aliphatic carbocycles. The highest BCUT2D eigenvalue weighted by atomic mass is 19.4. The van der Waals surface area contributed by atoms with Crippen LogP contribution >= 0.6 is 0 Å². The molecule has 0 bridgehead atoms. The highest BCUT2D eigenvalue weighted by Gasteiger charge is 2.15. The van der Waals surface area contributed by atoms with Crippen LogP contribution in [0, 0.1) is 12.7 Å². The van der Waals surface area contributed by atoms with E-state index in [9.17, 15) is 22.4 Å². The summed E-state index contributed by atoms with van der Waals surface area (Å²) in [6, 6.07) is 4.43. The van der Waals surface area contributed by atoms with Gasteiger partial charge in [-0.05, 0) is 19.1 Å². The number of rotatable bonds is 1. The van der Waals surface area contributed by atoms with Crippen LogP contribution in [0.15, 0.2) is 18.2 Å². The van der Waals surface area contributed by atoms with Gasteiger partial charge in [-0.1, -0.05) is 11.6 Å². The van der Waals surface area contributed by atoms with Crippen molar-refractivity contribution in [2.24, 2.45) is 0 Å². The van der Waals surface area contributed by atoms with Gasteiger partial charge in [0.1, 0.15) is 5.82 Å². The highest BCUT2D eigenvalue weighted by molar-refractivity contribution is 5.75. The fraction of sp³-hybridized carbons (Fsp3) is 0.300. The lowest BCUT2D eigenvalue weighted by Gasteiger charge is -1.94. The van der Waals surface area contributed by atoms with Crippen LogP contribution in [0.4, 0.5) is 17.6 Å². The Morgan fingerprint density at radius 3 is 2.07 bits per heavy atom. The number of aldehydes is 1. The molecule has 0 fully saturated rings. The van der Waals surface area contributed by atoms with Crippen molar-refractivity contribution >= 4 is 6.29 Å². The van der Waals surface area contributed by atoms with E-state index < -0.39 is 12.0 Å². The summed E-state index contributed by atoms with van der Waals surface area (Å²) < 4.78 is 43.6. The molecule has 0 unspecified atom stereocenters. The molecule has 0 atom stereocenters. The van der Waals surface area contributed by atoms with Crippen molar-refractivity contribution < 1.29 is 22.4 Å². The first kappa shape index (κ1) is 13.6. The van der Waals surface area contributed by atoms with Crippen LogP contribution in [0.25, 0.3) is 0 Å². The molecule has 0 amide bonds. The second-order valence-corrected chi connectivity index (χ2v) is 2.92. The molecule has 0 N–H and O–H groups in total. The van der Waals surface area contributed by atoms with Gasteiger partial charge in [0.25, 0.3) is 0 Å². The monoisotopic (exact) mass is 222 g/mol. The molecule has 0 spiro atoms. The van der Waals surface area contributed by atoms with Gasteiger partial charge in [-0.25, -0.2) is 4.39 Å². The van der Waals surface area contributed by atoms with Gasteiger partial charge in [0, 0.05) is 6.92 Å². The van der Waals surface area contributed by atoms with E-state index in [1.54, 1.807) is 6.07 Å². The second-order valence-electron chi connectivity index (χ2n) is 2.92. The lowest BCUT2D eigenvalue weighted by Crippen LogP contribution is -1.95. The normalized spacial score (nSPS) is 10.3. The fourth-order valence-corrected chi connectivity index (χ4v) is 0.753. The fourth-order valence-electron chi connectivity index (χ4n) is 0.753. The predicted octanol–water partition coefficient (Wildman–Crippen LogP) is 3.52. The molecule has 84 valence electrons. The number of hydrogen-bond acceptors (Lipinski definition) is 1. The molecule has 0 aliphatic rings. The standard InChI is InChI=1S/C8H7FO.C2H3F3/c1-6-2-3-8(9)7(4-6)5-10;1-2(3,4)5/h2-5H,1H3;1H3. The zero-order valence-electron chi connectivity index (χ0n) is 8.23. The van der Waals surface area contributed by atoms with Crippen molar-refractivity contribution in [3.63, 3.8) is 0 Å². The summed E-state index contributed by atoms with van der Waals surface area (Å²) in [6.45, 7) is 2.00. The van der Waals surface area contributed by atoms with Gasteiger partial charge in [0.15, 0.2) is 6.29 Å². The Kier molecular flexibility index (Phi) is 4.97. The van der Waals surface area contributed by atoms with Gasteiger partial charge >= 0.3 is 6.18 Å². The van der Waals surface area contributed by atoms with E-state index in [-0.39, 0.29) is 12.5 Å². The smallest absolute Gasteiger partial charge is 0.298 e. The molecule has 1 aromatic carbocycles. The van der Waals surface area contributed by atoms with Gasteiger partial charge in [-0.2, -0.15) is 13.2 Å². The second kappa shape index (κ2) is 5.48. The Bertz CT molecular complexity index is 325. The molecule has 1 rings (SSSR count). The number of carbonyl (C=O) groups is 1. The number of carbonyl (C=O) groups excluding carboxylic acids is 1. The maximum absolute atomic E-state index is 12.5. The van der Waals surface area contributed by atoms with Crippen LogP contribution in [-0.2, 0) is 0 Å². The molecule has 0 aromatic heterocycles. The summed E-state index contributed by atoms with van der Waals surface area (Å²) in [5.41, 5.74) is 1.02. The molecule has 0 aliphatic heterocycles. The zero-order valence-corrected chi connectivity index (χ0v) is 8.23. The van der Waals surface area contributed by atoms with E-state index in [2.05, 4.69) is 0 Å². The first-order valence-corrected chi connectivity index (χ1v) is 4.02. The maximum atomic E-state index is 12.5. The Balaban J connectivity index is 0.000000336. The van der Waals surface area contributed by atoms with E-state index in [1.165, 1.54) is 12.1 Å². The topological polar surface area (TPSA) is 17.1 Å². The largest absolute Gasteiger partial charge is 0.386 e. The molecule has 0 saturated carbocycles. The van der Waals surface area contributed by atoms with Gasteiger partial charge in [0.05, 0.1) is 5.56 Å². The van der Waals surface area contributed by atoms with Crippen LogP contribution in [0.1, 0.15) is 22.8 Å². The SMILES string of the molecule is CC(F)(F)F.Cc1ccc(F)c(C=O)c1. The third kappa shape index (κ3) is 7.66. The van der Waals surface area contributed by atoms with E-state index in [0.717, 1.165) is 5.56 Å². The number of halogens is 4. The summed E-state index contributed by atoms with van der Waals surface area (Å²) in [6.07, 6.45) is -3.48. The number of aryl methyl sites for hydroxylation is 1. The van der Waals surface area contributed by atoms with Crippen LogP contribution in [0.3, 0.4) is 0 Å². The number of benzene rings is 1. The molecule has 0 radical (unpaired) electrons. The zero-order chi connectivity index (χ0) is 12.1. The predicted molar refractivity (Wildman–Crippen MR) is 48.3 cm³/mol. The van der Waals surface area contributed by atoms with Crippen molar-refractivity contribution in [2.75, 3.05) is 0 Å². The molecule has 0 heterocycles. The molecular weight excluding hydrogens is 212 g/mol. The van der Waals surface area contributed by atoms with Crippen LogP contribution in [0.5, 0.6) is 0 Å². The van der Waals surface area contributed by atoms with E-state index in [1.807, 2.05) is 6.92 Å². The summed E-state index contributed by atoms with van der Waals surface area (Å²) >= 11 is 0. The highest BCUT2D eigenvalue weighted by Crippen LogP contribution is 2.10. The minimum atomic E-state index is -4.00. The van der Waals surface area contributed by atoms with Crippen molar-refractivity contribution in [3.8, 4) is 0 Å². The number of hydrogen-bond donors (Lipinski definition) is 0. The van der Waals surface area contributed by atoms with Gasteiger partial charge < -0.3 is 0 Å². The summed E-state index contributed by atoms with van der Waals surface area (Å²) in [7, 11) is 0. The van der Waals surface area contributed by atoms with Gasteiger partial charge in [-0.3, -0.25) is 4.79 Å². The number of alkyl halides is 3. The average Bonchev–Trinajstić information content (AvgIpc) is 2.06. The molecule has 1 nitrogen and oxygen atoms in total. The molecule has 1 aromatic rings. The third-order valence-corrected chi connectivity index (χ3v) is 1.28. The Hall–Kier alpha value is -1.39. The first-order valence-electron chi connectivity index (χ1n) is 4.02. The third-order valence-electron chi connectivity index (χ3n) is 1.28. The molecular formula is C10H10F4O. The molecule has 15 heavy (non-hydrogen) atoms. The van der Waals surface area contributed by atoms with Crippen LogP contribution in [0.2, 0.25) is 0 Å². The molecule has 0 saturated heterocycles. The van der Waals surface area contributed by atoms with E-state index >= 15 is 0 Å². The summed E-state index contributed by atoms with van der Waals surface area (Å²) in [5, 5.41) is 0. The Morgan fingerprint density at radius 1 is 1.27 bits per heavy atom. The van der Waals surface area contributed by atoms with Gasteiger partial charge in [-0.15, -0.1) is 0 Å². The summed E-state index contributed by atoms with van der Waals surface area (Å²) in [5.74, 6) is -0.458. The van der Waals surface area contributed by atoms with Crippen molar-refractivity contribution in [1.82, 2.24) is 0 Å². The Labute approximate surface area is 84.7 Å². The lowest BCUT2D eigenvalue weighted by molar-refractivity contribution is -0.110. The van der Waals surface area contributed by atoms with E-state index in [0.29, 0.717) is 6.29 Å². The van der Waals surface area contributed by atoms with E-state index in [4.69, 9.17) is 0 Å². The first-order chi connectivity index (χ1) is 6.74. The average molecular weight is 222 g/mol. The van der Waals surface area contributed by atoms with Crippen LogP contribution < -0.4 is 0 Å². The van der Waals surface area contributed by atoms with Crippen molar-refractivity contribution in [1.29, 1.82) is 0 Å². The quantitative estimate of drug-likeness (QED) is 0.525. The van der Waals surface area contributed by atoms with Crippen molar-refractivity contribution in [3.05, 3.63) is 35.1 Å².